The molecule has 0 aliphatic carbocycles. The molecule has 3 aromatic carbocycles. The molecule has 178 valence electrons. The monoisotopic (exact) mass is 495 g/mol. The van der Waals surface area contributed by atoms with Crippen LogP contribution in [0.5, 0.6) is 5.75 Å². The second-order valence-electron chi connectivity index (χ2n) is 7.24. The number of hydrogen-bond donors (Lipinski definition) is 3. The van der Waals surface area contributed by atoms with Crippen LogP contribution in [0.2, 0.25) is 0 Å². The number of H-pyrrole nitrogens is 1. The third-order valence-electron chi connectivity index (χ3n) is 5.05. The average Bonchev–Trinajstić information content (AvgIpc) is 3.30. The molecule has 0 bridgehead atoms. The van der Waals surface area contributed by atoms with Crippen LogP contribution in [0.25, 0.3) is 10.9 Å². The van der Waals surface area contributed by atoms with Gasteiger partial charge < -0.3 is 15.0 Å². The molecule has 3 N–H and O–H groups in total. The Labute approximate surface area is 198 Å². The fourth-order valence-electron chi connectivity index (χ4n) is 3.35. The molecule has 0 radical (unpaired) electrons. The van der Waals surface area contributed by atoms with E-state index in [1.807, 2.05) is 4.72 Å². The smallest absolute Gasteiger partial charge is 0.281 e. The number of carbonyl (C=O) groups is 1. The summed E-state index contributed by atoms with van der Waals surface area (Å²) in [6, 6.07) is 15.6. The molecule has 0 spiro atoms. The summed E-state index contributed by atoms with van der Waals surface area (Å²) in [6.45, 7) is 0. The summed E-state index contributed by atoms with van der Waals surface area (Å²) in [5.74, 6) is -0.383. The SMILES string of the molecule is COc1cccc(Nc2ccc(N=O)c3[nH]c(C(=O)NS(=O)(=O)c4ccc([N+](=O)[O-])cc4)cc23)c1. The Morgan fingerprint density at radius 3 is 2.49 bits per heavy atom. The average molecular weight is 495 g/mol. The van der Waals surface area contributed by atoms with Crippen molar-refractivity contribution in [2.75, 3.05) is 12.4 Å². The zero-order chi connectivity index (χ0) is 25.2. The summed E-state index contributed by atoms with van der Waals surface area (Å²) < 4.78 is 32.3. The molecule has 0 fully saturated rings. The molecule has 4 rings (SSSR count). The Balaban J connectivity index is 1.66. The largest absolute Gasteiger partial charge is 0.497 e. The van der Waals surface area contributed by atoms with Gasteiger partial charge in [-0.2, -0.15) is 0 Å². The predicted molar refractivity (Wildman–Crippen MR) is 128 cm³/mol. The molecule has 13 heteroatoms. The van der Waals surface area contributed by atoms with Crippen LogP contribution in [0.15, 0.2) is 76.8 Å². The number of carbonyl (C=O) groups excluding carboxylic acids is 1. The highest BCUT2D eigenvalue weighted by Crippen LogP contribution is 2.34. The molecule has 35 heavy (non-hydrogen) atoms. The van der Waals surface area contributed by atoms with E-state index in [2.05, 4.69) is 15.5 Å². The number of sulfonamides is 1. The van der Waals surface area contributed by atoms with E-state index in [0.29, 0.717) is 22.5 Å². The number of non-ortho nitro benzene ring substituents is 1. The summed E-state index contributed by atoms with van der Waals surface area (Å²) >= 11 is 0. The van der Waals surface area contributed by atoms with Crippen molar-refractivity contribution in [1.82, 2.24) is 9.71 Å². The zero-order valence-electron chi connectivity index (χ0n) is 18.0. The maximum Gasteiger partial charge on any atom is 0.281 e. The van der Waals surface area contributed by atoms with E-state index in [0.717, 1.165) is 24.3 Å². The van der Waals surface area contributed by atoms with Gasteiger partial charge in [-0.3, -0.25) is 14.9 Å². The maximum atomic E-state index is 12.8. The quantitative estimate of drug-likeness (QED) is 0.184. The molecule has 4 aromatic rings. The first-order valence-corrected chi connectivity index (χ1v) is 11.4. The lowest BCUT2D eigenvalue weighted by Gasteiger charge is -2.09. The molecular formula is C22H17N5O7S. The molecule has 0 saturated carbocycles. The lowest BCUT2D eigenvalue weighted by molar-refractivity contribution is -0.384. The normalized spacial score (nSPS) is 11.1. The molecular weight excluding hydrogens is 478 g/mol. The molecule has 0 atom stereocenters. The summed E-state index contributed by atoms with van der Waals surface area (Å²) in [4.78, 5) is 36.6. The molecule has 1 aromatic heterocycles. The van der Waals surface area contributed by atoms with Crippen molar-refractivity contribution in [3.8, 4) is 5.75 Å². The van der Waals surface area contributed by atoms with Gasteiger partial charge in [0.25, 0.3) is 21.6 Å². The number of nitro groups is 1. The number of nitrogens with zero attached hydrogens (tertiary/aromatic N) is 2. The third-order valence-corrected chi connectivity index (χ3v) is 6.40. The van der Waals surface area contributed by atoms with Crippen LogP contribution in [0.4, 0.5) is 22.7 Å². The topological polar surface area (TPSA) is 173 Å². The van der Waals surface area contributed by atoms with Crippen LogP contribution in [0.1, 0.15) is 10.5 Å². The van der Waals surface area contributed by atoms with E-state index in [-0.39, 0.29) is 27.5 Å². The molecule has 0 aliphatic heterocycles. The van der Waals surface area contributed by atoms with Crippen molar-refractivity contribution in [1.29, 1.82) is 0 Å². The molecule has 0 saturated heterocycles. The van der Waals surface area contributed by atoms with E-state index in [9.17, 15) is 28.2 Å². The van der Waals surface area contributed by atoms with E-state index < -0.39 is 20.9 Å². The van der Waals surface area contributed by atoms with Gasteiger partial charge in [-0.05, 0) is 47.6 Å². The molecule has 1 amide bonds. The highest BCUT2D eigenvalue weighted by molar-refractivity contribution is 7.90. The van der Waals surface area contributed by atoms with E-state index in [1.54, 1.807) is 30.3 Å². The first-order valence-electron chi connectivity index (χ1n) is 9.93. The summed E-state index contributed by atoms with van der Waals surface area (Å²) in [7, 11) is -2.80. The standard InChI is InChI=1S/C22H17N5O7S/c1-34-15-4-2-3-13(11-15)23-18-9-10-19(25-29)21-17(18)12-20(24-21)22(28)26-35(32,33)16-7-5-14(6-8-16)27(30)31/h2-12,23-24H,1H3,(H,26,28). The second kappa shape index (κ2) is 9.23. The van der Waals surface area contributed by atoms with E-state index in [1.165, 1.54) is 19.2 Å². The number of nitro benzene ring substituents is 1. The Bertz CT molecular complexity index is 1560. The fourth-order valence-corrected chi connectivity index (χ4v) is 4.32. The van der Waals surface area contributed by atoms with Gasteiger partial charge in [-0.1, -0.05) is 6.07 Å². The van der Waals surface area contributed by atoms with Crippen molar-refractivity contribution in [3.05, 3.63) is 87.4 Å². The molecule has 12 nitrogen and oxygen atoms in total. The fraction of sp³-hybridized carbons (Fsp3) is 0.0455. The lowest BCUT2D eigenvalue weighted by atomic mass is 10.1. The van der Waals surface area contributed by atoms with Crippen molar-refractivity contribution < 1.29 is 22.9 Å². The molecule has 1 heterocycles. The number of rotatable bonds is 8. The number of amides is 1. The Hall–Kier alpha value is -4.78. The van der Waals surface area contributed by atoms with Crippen molar-refractivity contribution in [2.45, 2.75) is 4.90 Å². The summed E-state index contributed by atoms with van der Waals surface area (Å²) in [5, 5.41) is 17.3. The van der Waals surface area contributed by atoms with Gasteiger partial charge in [0.05, 0.1) is 22.4 Å². The number of nitrogens with one attached hydrogen (secondary N) is 3. The van der Waals surface area contributed by atoms with Gasteiger partial charge >= 0.3 is 0 Å². The van der Waals surface area contributed by atoms with Crippen LogP contribution in [-0.2, 0) is 10.0 Å². The first-order chi connectivity index (χ1) is 16.7. The number of aromatic nitrogens is 1. The highest BCUT2D eigenvalue weighted by Gasteiger charge is 2.22. The van der Waals surface area contributed by atoms with Crippen LogP contribution in [0, 0.1) is 15.0 Å². The number of benzene rings is 3. The Morgan fingerprint density at radius 2 is 1.83 bits per heavy atom. The first kappa shape index (κ1) is 23.4. The van der Waals surface area contributed by atoms with Crippen LogP contribution in [0.3, 0.4) is 0 Å². The Morgan fingerprint density at radius 1 is 1.09 bits per heavy atom. The van der Waals surface area contributed by atoms with Gasteiger partial charge in [0.2, 0.25) is 0 Å². The van der Waals surface area contributed by atoms with Gasteiger partial charge in [0.15, 0.2) is 0 Å². The lowest BCUT2D eigenvalue weighted by Crippen LogP contribution is -2.30. The van der Waals surface area contributed by atoms with Crippen LogP contribution >= 0.6 is 0 Å². The van der Waals surface area contributed by atoms with Crippen LogP contribution in [-0.4, -0.2) is 31.3 Å². The molecule has 0 unspecified atom stereocenters. The van der Waals surface area contributed by atoms with Gasteiger partial charge in [0, 0.05) is 35.0 Å². The number of ether oxygens (including phenoxy) is 1. The predicted octanol–water partition coefficient (Wildman–Crippen LogP) is 4.34. The van der Waals surface area contributed by atoms with E-state index in [4.69, 9.17) is 4.74 Å². The third kappa shape index (κ3) is 4.79. The van der Waals surface area contributed by atoms with Crippen LogP contribution < -0.4 is 14.8 Å². The van der Waals surface area contributed by atoms with Crippen molar-refractivity contribution >= 4 is 49.6 Å². The van der Waals surface area contributed by atoms with Crippen molar-refractivity contribution in [2.24, 2.45) is 5.18 Å². The number of aromatic amines is 1. The number of nitroso groups, excluding NO2 is 1. The summed E-state index contributed by atoms with van der Waals surface area (Å²) in [5.41, 5.74) is 1.00. The van der Waals surface area contributed by atoms with Gasteiger partial charge in [0.1, 0.15) is 17.1 Å². The zero-order valence-corrected chi connectivity index (χ0v) is 18.8. The van der Waals surface area contributed by atoms with Gasteiger partial charge in [-0.15, -0.1) is 4.91 Å². The van der Waals surface area contributed by atoms with Crippen molar-refractivity contribution in [3.63, 3.8) is 0 Å². The number of methoxy groups -OCH3 is 1. The number of fused-ring (bicyclic) bond motifs is 1. The highest BCUT2D eigenvalue weighted by atomic mass is 32.2. The van der Waals surface area contributed by atoms with Gasteiger partial charge in [-0.25, -0.2) is 13.1 Å². The number of anilines is 2. The maximum absolute atomic E-state index is 12.8. The Kier molecular flexibility index (Phi) is 6.16. The minimum Gasteiger partial charge on any atom is -0.497 e. The number of hydrogen-bond acceptors (Lipinski definition) is 9. The second-order valence-corrected chi connectivity index (χ2v) is 8.92. The molecule has 0 aliphatic rings. The summed E-state index contributed by atoms with van der Waals surface area (Å²) in [6.07, 6.45) is 0. The minimum absolute atomic E-state index is 0.0217. The van der Waals surface area contributed by atoms with E-state index >= 15 is 0 Å². The minimum atomic E-state index is -4.33.